The maximum atomic E-state index is 3.61. The first-order valence-electron chi connectivity index (χ1n) is 9.31. The van der Waals surface area contributed by atoms with Crippen LogP contribution in [0.25, 0.3) is 21.8 Å². The molecule has 5 aromatic rings. The van der Waals surface area contributed by atoms with Crippen LogP contribution in [0.1, 0.15) is 17.2 Å². The highest BCUT2D eigenvalue weighted by molar-refractivity contribution is 5.85. The average molecular weight is 388 g/mol. The largest absolute Gasteiger partial charge is 0.378 e. The highest BCUT2D eigenvalue weighted by Gasteiger charge is 2.23. The number of hydrogen-bond acceptors (Lipinski definition) is 1. The molecule has 4 heteroatoms. The van der Waals surface area contributed by atoms with Crippen molar-refractivity contribution in [2.75, 3.05) is 5.32 Å². The van der Waals surface area contributed by atoms with E-state index in [-0.39, 0.29) is 12.4 Å². The number of hydrogen-bond donors (Lipinski definition) is 3. The minimum absolute atomic E-state index is 0. The Morgan fingerprint density at radius 3 is 2.32 bits per heavy atom. The second kappa shape index (κ2) is 7.83. The minimum atomic E-state index is 0. The molecule has 3 aromatic carbocycles. The van der Waals surface area contributed by atoms with Crippen LogP contribution >= 0.6 is 12.4 Å². The van der Waals surface area contributed by atoms with Crippen molar-refractivity contribution in [3.63, 3.8) is 0 Å². The molecule has 0 saturated heterocycles. The lowest BCUT2D eigenvalue weighted by molar-refractivity contribution is 0.832. The highest BCUT2D eigenvalue weighted by atomic mass is 35.5. The van der Waals surface area contributed by atoms with Crippen molar-refractivity contribution in [2.45, 2.75) is 12.5 Å². The first-order chi connectivity index (χ1) is 13.4. The standard InChI is InChI=1S/C16H14N2.C8H7N.ClH/c1-3-7-14-11(5-1)9-16(18-14)13-10-17-15-8-4-2-6-12(13)15;1-2-4-8-7(3-1)5-6-9-8;/h1-8,10,16-18H,9H2;1-6,9H;1H. The van der Waals surface area contributed by atoms with Crippen molar-refractivity contribution in [3.8, 4) is 0 Å². The van der Waals surface area contributed by atoms with Gasteiger partial charge in [-0.25, -0.2) is 0 Å². The molecule has 3 N–H and O–H groups in total. The van der Waals surface area contributed by atoms with Gasteiger partial charge in [-0.3, -0.25) is 0 Å². The molecule has 1 aliphatic heterocycles. The van der Waals surface area contributed by atoms with E-state index in [1.54, 1.807) is 0 Å². The lowest BCUT2D eigenvalue weighted by atomic mass is 10.0. The van der Waals surface area contributed by atoms with Crippen LogP contribution in [0.4, 0.5) is 5.69 Å². The monoisotopic (exact) mass is 387 g/mol. The van der Waals surface area contributed by atoms with Gasteiger partial charge in [0.15, 0.2) is 0 Å². The molecule has 0 amide bonds. The van der Waals surface area contributed by atoms with Gasteiger partial charge in [-0.2, -0.15) is 0 Å². The summed E-state index contributed by atoms with van der Waals surface area (Å²) in [6.07, 6.45) is 5.15. The fourth-order valence-corrected chi connectivity index (χ4v) is 3.86. The van der Waals surface area contributed by atoms with Gasteiger partial charge in [0.2, 0.25) is 0 Å². The molecule has 1 unspecified atom stereocenters. The van der Waals surface area contributed by atoms with Crippen molar-refractivity contribution in [3.05, 3.63) is 102 Å². The van der Waals surface area contributed by atoms with Crippen molar-refractivity contribution in [1.82, 2.24) is 9.97 Å². The maximum absolute atomic E-state index is 3.61. The van der Waals surface area contributed by atoms with E-state index in [0.29, 0.717) is 6.04 Å². The van der Waals surface area contributed by atoms with Gasteiger partial charge in [-0.05, 0) is 47.2 Å². The van der Waals surface area contributed by atoms with E-state index in [4.69, 9.17) is 0 Å². The molecule has 0 fully saturated rings. The number of anilines is 1. The smallest absolute Gasteiger partial charge is 0.0576 e. The fraction of sp³-hybridized carbons (Fsp3) is 0.0833. The summed E-state index contributed by atoms with van der Waals surface area (Å²) in [4.78, 5) is 6.47. The quantitative estimate of drug-likeness (QED) is 0.303. The molecular formula is C24H22ClN3. The van der Waals surface area contributed by atoms with Gasteiger partial charge in [0, 0.05) is 34.5 Å². The predicted molar refractivity (Wildman–Crippen MR) is 120 cm³/mol. The number of rotatable bonds is 1. The summed E-state index contributed by atoms with van der Waals surface area (Å²) in [6.45, 7) is 0. The zero-order valence-corrected chi connectivity index (χ0v) is 16.2. The van der Waals surface area contributed by atoms with Crippen LogP contribution in [0, 0.1) is 0 Å². The Labute approximate surface area is 170 Å². The van der Waals surface area contributed by atoms with Crippen LogP contribution in [-0.4, -0.2) is 9.97 Å². The van der Waals surface area contributed by atoms with Gasteiger partial charge >= 0.3 is 0 Å². The summed E-state index contributed by atoms with van der Waals surface area (Å²) in [7, 11) is 0. The molecular weight excluding hydrogens is 366 g/mol. The molecule has 0 aliphatic carbocycles. The number of benzene rings is 3. The lowest BCUT2D eigenvalue weighted by Crippen LogP contribution is -2.04. The van der Waals surface area contributed by atoms with E-state index < -0.39 is 0 Å². The SMILES string of the molecule is Cl.c1ccc2[nH]ccc2c1.c1ccc2c(c1)CC(c1c[nH]c3ccccc13)N2. The molecule has 1 atom stereocenters. The van der Waals surface area contributed by atoms with E-state index in [0.717, 1.165) is 6.42 Å². The zero-order chi connectivity index (χ0) is 18.1. The Bertz CT molecular complexity index is 1150. The Hall–Kier alpha value is -3.17. The maximum Gasteiger partial charge on any atom is 0.0576 e. The number of aromatic amines is 2. The molecule has 0 bridgehead atoms. The van der Waals surface area contributed by atoms with E-state index in [2.05, 4.69) is 88.2 Å². The van der Waals surface area contributed by atoms with Gasteiger partial charge < -0.3 is 15.3 Å². The third kappa shape index (κ3) is 3.37. The summed E-state index contributed by atoms with van der Waals surface area (Å²) in [6, 6.07) is 27.7. The Balaban J connectivity index is 0.000000163. The second-order valence-electron chi connectivity index (χ2n) is 6.91. The van der Waals surface area contributed by atoms with Gasteiger partial charge in [0.1, 0.15) is 0 Å². The topological polar surface area (TPSA) is 43.6 Å². The Morgan fingerprint density at radius 1 is 0.714 bits per heavy atom. The van der Waals surface area contributed by atoms with Crippen molar-refractivity contribution in [1.29, 1.82) is 0 Å². The molecule has 0 saturated carbocycles. The molecule has 28 heavy (non-hydrogen) atoms. The summed E-state index contributed by atoms with van der Waals surface area (Å²) in [5.74, 6) is 0. The fourth-order valence-electron chi connectivity index (χ4n) is 3.86. The Morgan fingerprint density at radius 2 is 1.46 bits per heavy atom. The number of fused-ring (bicyclic) bond motifs is 3. The highest BCUT2D eigenvalue weighted by Crippen LogP contribution is 2.36. The Kier molecular flexibility index (Phi) is 5.09. The molecule has 6 rings (SSSR count). The van der Waals surface area contributed by atoms with Crippen LogP contribution < -0.4 is 5.32 Å². The molecule has 3 heterocycles. The van der Waals surface area contributed by atoms with E-state index in [9.17, 15) is 0 Å². The van der Waals surface area contributed by atoms with Crippen LogP contribution in [0.3, 0.4) is 0 Å². The second-order valence-corrected chi connectivity index (χ2v) is 6.91. The third-order valence-corrected chi connectivity index (χ3v) is 5.23. The number of para-hydroxylation sites is 3. The molecule has 140 valence electrons. The summed E-state index contributed by atoms with van der Waals surface area (Å²) >= 11 is 0. The van der Waals surface area contributed by atoms with Crippen LogP contribution in [0.5, 0.6) is 0 Å². The molecule has 1 aliphatic rings. The normalized spacial score (nSPS) is 14.6. The van der Waals surface area contributed by atoms with E-state index in [1.807, 2.05) is 18.3 Å². The van der Waals surface area contributed by atoms with Crippen LogP contribution in [0.2, 0.25) is 0 Å². The first-order valence-corrected chi connectivity index (χ1v) is 9.31. The summed E-state index contributed by atoms with van der Waals surface area (Å²) < 4.78 is 0. The van der Waals surface area contributed by atoms with Gasteiger partial charge in [0.25, 0.3) is 0 Å². The van der Waals surface area contributed by atoms with Gasteiger partial charge in [0.05, 0.1) is 6.04 Å². The lowest BCUT2D eigenvalue weighted by Gasteiger charge is -2.10. The number of H-pyrrole nitrogens is 2. The van der Waals surface area contributed by atoms with Crippen LogP contribution in [-0.2, 0) is 6.42 Å². The van der Waals surface area contributed by atoms with Gasteiger partial charge in [-0.15, -0.1) is 12.4 Å². The van der Waals surface area contributed by atoms with Crippen molar-refractivity contribution >= 4 is 39.9 Å². The van der Waals surface area contributed by atoms with E-state index >= 15 is 0 Å². The summed E-state index contributed by atoms with van der Waals surface area (Å²) in [5.41, 5.74) is 6.46. The number of nitrogens with one attached hydrogen (secondary N) is 3. The number of halogens is 1. The molecule has 0 spiro atoms. The van der Waals surface area contributed by atoms with Gasteiger partial charge in [-0.1, -0.05) is 54.6 Å². The van der Waals surface area contributed by atoms with Crippen molar-refractivity contribution in [2.24, 2.45) is 0 Å². The molecule has 2 aromatic heterocycles. The average Bonchev–Trinajstić information content (AvgIpc) is 3.45. The summed E-state index contributed by atoms with van der Waals surface area (Å²) in [5, 5.41) is 6.21. The minimum Gasteiger partial charge on any atom is -0.378 e. The zero-order valence-electron chi connectivity index (χ0n) is 15.4. The molecule has 0 radical (unpaired) electrons. The third-order valence-electron chi connectivity index (χ3n) is 5.23. The molecule has 3 nitrogen and oxygen atoms in total. The first kappa shape index (κ1) is 18.2. The predicted octanol–water partition coefficient (Wildman–Crippen LogP) is 6.47. The number of aromatic nitrogens is 2. The van der Waals surface area contributed by atoms with Crippen LogP contribution in [0.15, 0.2) is 91.3 Å². The van der Waals surface area contributed by atoms with Crippen molar-refractivity contribution < 1.29 is 0 Å². The van der Waals surface area contributed by atoms with E-state index in [1.165, 1.54) is 38.6 Å².